The van der Waals surface area contributed by atoms with E-state index in [4.69, 9.17) is 9.84 Å². The van der Waals surface area contributed by atoms with Crippen LogP contribution >= 0.6 is 11.8 Å². The molecule has 0 radical (unpaired) electrons. The average molecular weight is 397 g/mol. The molecule has 27 heavy (non-hydrogen) atoms. The number of methoxy groups -OCH3 is 2. The highest BCUT2D eigenvalue weighted by Gasteiger charge is 2.25. The molecule has 1 amide bonds. The van der Waals surface area contributed by atoms with E-state index in [1.807, 2.05) is 0 Å². The first kappa shape index (κ1) is 22.5. The van der Waals surface area contributed by atoms with Crippen molar-refractivity contribution in [2.75, 3.05) is 25.7 Å². The number of carboxylic acids is 1. The lowest BCUT2D eigenvalue weighted by Crippen LogP contribution is -2.42. The second-order valence-electron chi connectivity index (χ2n) is 5.70. The normalized spacial score (nSPS) is 12.6. The molecule has 0 heterocycles. The van der Waals surface area contributed by atoms with E-state index in [-0.39, 0.29) is 29.6 Å². The number of Topliss-reactive ketones (excluding diaryl/α,β-unsaturated/α-hetero) is 1. The molecular formula is C18H23NO7S. The molecule has 0 spiro atoms. The van der Waals surface area contributed by atoms with E-state index in [9.17, 15) is 19.2 Å². The molecule has 148 valence electrons. The van der Waals surface area contributed by atoms with Gasteiger partial charge in [-0.25, -0.2) is 4.79 Å². The highest BCUT2D eigenvalue weighted by Crippen LogP contribution is 2.21. The molecule has 9 heteroatoms. The number of amides is 1. The molecule has 2 atom stereocenters. The highest BCUT2D eigenvalue weighted by atomic mass is 32.2. The number of ketones is 1. The summed E-state index contributed by atoms with van der Waals surface area (Å²) in [6.45, 7) is 1.28. The van der Waals surface area contributed by atoms with Crippen LogP contribution in [0.3, 0.4) is 0 Å². The van der Waals surface area contributed by atoms with E-state index in [0.717, 1.165) is 0 Å². The van der Waals surface area contributed by atoms with Crippen molar-refractivity contribution in [2.24, 2.45) is 5.92 Å². The fourth-order valence-electron chi connectivity index (χ4n) is 2.31. The van der Waals surface area contributed by atoms with Crippen molar-refractivity contribution in [1.29, 1.82) is 0 Å². The van der Waals surface area contributed by atoms with Crippen molar-refractivity contribution in [3.8, 4) is 5.75 Å². The lowest BCUT2D eigenvalue weighted by molar-refractivity contribution is -0.144. The molecule has 1 rings (SSSR count). The van der Waals surface area contributed by atoms with E-state index in [1.54, 1.807) is 24.3 Å². The molecule has 0 aliphatic carbocycles. The zero-order valence-electron chi connectivity index (χ0n) is 15.4. The zero-order valence-corrected chi connectivity index (χ0v) is 16.2. The van der Waals surface area contributed by atoms with Crippen LogP contribution in [0.15, 0.2) is 24.3 Å². The fourth-order valence-corrected chi connectivity index (χ4v) is 3.46. The number of hydrogen-bond donors (Lipinski definition) is 2. The number of carbonyl (C=O) groups is 4. The Labute approximate surface area is 161 Å². The molecule has 0 saturated carbocycles. The molecule has 0 bridgehead atoms. The minimum atomic E-state index is -1.09. The van der Waals surface area contributed by atoms with Gasteiger partial charge in [0.1, 0.15) is 11.8 Å². The standard InChI is InChI=1S/C18H23NO7S/c1-11(20)19-15(18(24)26-3)10-27-9-13(8-16(21)22)17(23)12-4-6-14(25-2)7-5-12/h4-7,13,15H,8-10H2,1-3H3,(H,19,20)(H,21,22)/t13?,15-/m0/s1. The summed E-state index contributed by atoms with van der Waals surface area (Å²) in [6, 6.07) is 5.55. The summed E-state index contributed by atoms with van der Waals surface area (Å²) in [5.74, 6) is -2.21. The predicted octanol–water partition coefficient (Wildman–Crippen LogP) is 1.38. The number of aliphatic carboxylic acids is 1. The number of hydrogen-bond acceptors (Lipinski definition) is 7. The van der Waals surface area contributed by atoms with Gasteiger partial charge in [-0.3, -0.25) is 14.4 Å². The van der Waals surface area contributed by atoms with Gasteiger partial charge in [-0.2, -0.15) is 11.8 Å². The lowest BCUT2D eigenvalue weighted by atomic mass is 9.96. The molecule has 1 aromatic rings. The van der Waals surface area contributed by atoms with E-state index < -0.39 is 23.9 Å². The second-order valence-corrected chi connectivity index (χ2v) is 6.78. The summed E-state index contributed by atoms with van der Waals surface area (Å²) in [5, 5.41) is 11.6. The first-order valence-electron chi connectivity index (χ1n) is 8.11. The van der Waals surface area contributed by atoms with Gasteiger partial charge in [-0.1, -0.05) is 0 Å². The van der Waals surface area contributed by atoms with Gasteiger partial charge in [-0.05, 0) is 24.3 Å². The Morgan fingerprint density at radius 2 is 1.74 bits per heavy atom. The van der Waals surface area contributed by atoms with Gasteiger partial charge < -0.3 is 19.9 Å². The number of thioether (sulfide) groups is 1. The molecule has 1 unspecified atom stereocenters. The molecule has 8 nitrogen and oxygen atoms in total. The van der Waals surface area contributed by atoms with Crippen LogP contribution in [-0.2, 0) is 19.1 Å². The lowest BCUT2D eigenvalue weighted by Gasteiger charge is -2.17. The summed E-state index contributed by atoms with van der Waals surface area (Å²) in [6.07, 6.45) is -0.332. The van der Waals surface area contributed by atoms with Crippen LogP contribution in [0.25, 0.3) is 0 Å². The van der Waals surface area contributed by atoms with Crippen LogP contribution in [-0.4, -0.2) is 60.5 Å². The van der Waals surface area contributed by atoms with Gasteiger partial charge in [0.05, 0.1) is 20.6 Å². The number of carbonyl (C=O) groups excluding carboxylic acids is 3. The van der Waals surface area contributed by atoms with Gasteiger partial charge in [0.15, 0.2) is 5.78 Å². The Hall–Kier alpha value is -2.55. The maximum Gasteiger partial charge on any atom is 0.329 e. The minimum absolute atomic E-state index is 0.165. The third kappa shape index (κ3) is 7.69. The van der Waals surface area contributed by atoms with Crippen molar-refractivity contribution in [3.63, 3.8) is 0 Å². The predicted molar refractivity (Wildman–Crippen MR) is 100 cm³/mol. The Balaban J connectivity index is 2.78. The monoisotopic (exact) mass is 397 g/mol. The number of esters is 1. The van der Waals surface area contributed by atoms with Crippen LogP contribution in [0.1, 0.15) is 23.7 Å². The first-order valence-corrected chi connectivity index (χ1v) is 9.26. The topological polar surface area (TPSA) is 119 Å². The minimum Gasteiger partial charge on any atom is -0.497 e. The Bertz CT molecular complexity index is 675. The van der Waals surface area contributed by atoms with E-state index in [1.165, 1.54) is 32.9 Å². The number of rotatable bonds is 11. The maximum absolute atomic E-state index is 12.6. The summed E-state index contributed by atoms with van der Waals surface area (Å²) in [5.41, 5.74) is 0.383. The maximum atomic E-state index is 12.6. The summed E-state index contributed by atoms with van der Waals surface area (Å²) in [4.78, 5) is 46.7. The van der Waals surface area contributed by atoms with Crippen molar-refractivity contribution in [2.45, 2.75) is 19.4 Å². The molecule has 0 aliphatic heterocycles. The second kappa shape index (κ2) is 11.2. The first-order chi connectivity index (χ1) is 12.8. The van der Waals surface area contributed by atoms with E-state index in [0.29, 0.717) is 11.3 Å². The summed E-state index contributed by atoms with van der Waals surface area (Å²) >= 11 is 1.20. The summed E-state index contributed by atoms with van der Waals surface area (Å²) < 4.78 is 9.68. The Kier molecular flexibility index (Phi) is 9.35. The molecule has 0 fully saturated rings. The quantitative estimate of drug-likeness (QED) is 0.425. The van der Waals surface area contributed by atoms with E-state index in [2.05, 4.69) is 10.1 Å². The van der Waals surface area contributed by atoms with Crippen molar-refractivity contribution in [3.05, 3.63) is 29.8 Å². The number of benzene rings is 1. The van der Waals surface area contributed by atoms with Crippen molar-refractivity contribution in [1.82, 2.24) is 5.32 Å². The van der Waals surface area contributed by atoms with Gasteiger partial charge >= 0.3 is 11.9 Å². The van der Waals surface area contributed by atoms with Crippen LogP contribution in [0, 0.1) is 5.92 Å². The fraction of sp³-hybridized carbons (Fsp3) is 0.444. The van der Waals surface area contributed by atoms with Crippen LogP contribution in [0.4, 0.5) is 0 Å². The Morgan fingerprint density at radius 3 is 2.22 bits per heavy atom. The zero-order chi connectivity index (χ0) is 20.4. The van der Waals surface area contributed by atoms with Crippen LogP contribution in [0.2, 0.25) is 0 Å². The van der Waals surface area contributed by atoms with Crippen molar-refractivity contribution >= 4 is 35.4 Å². The average Bonchev–Trinajstić information content (AvgIpc) is 2.64. The third-order valence-electron chi connectivity index (χ3n) is 3.63. The molecule has 0 aromatic heterocycles. The van der Waals surface area contributed by atoms with Gasteiger partial charge in [0, 0.05) is 29.9 Å². The third-order valence-corrected chi connectivity index (χ3v) is 4.84. The molecule has 1 aromatic carbocycles. The van der Waals surface area contributed by atoms with Gasteiger partial charge in [0.25, 0.3) is 0 Å². The molecule has 0 saturated heterocycles. The van der Waals surface area contributed by atoms with E-state index >= 15 is 0 Å². The number of ether oxygens (including phenoxy) is 2. The number of carboxylic acid groups (broad SMARTS) is 1. The molecular weight excluding hydrogens is 374 g/mol. The largest absolute Gasteiger partial charge is 0.497 e. The van der Waals surface area contributed by atoms with Crippen LogP contribution < -0.4 is 10.1 Å². The molecule has 0 aliphatic rings. The van der Waals surface area contributed by atoms with Crippen molar-refractivity contribution < 1.29 is 33.8 Å². The molecule has 2 N–H and O–H groups in total. The van der Waals surface area contributed by atoms with Gasteiger partial charge in [0.2, 0.25) is 5.91 Å². The Morgan fingerprint density at radius 1 is 1.11 bits per heavy atom. The van der Waals surface area contributed by atoms with Crippen LogP contribution in [0.5, 0.6) is 5.75 Å². The van der Waals surface area contributed by atoms with Gasteiger partial charge in [-0.15, -0.1) is 0 Å². The summed E-state index contributed by atoms with van der Waals surface area (Å²) in [7, 11) is 2.72. The smallest absolute Gasteiger partial charge is 0.329 e. The SMILES string of the molecule is COC(=O)[C@H](CSCC(CC(=O)O)C(=O)c1ccc(OC)cc1)NC(C)=O. The highest BCUT2D eigenvalue weighted by molar-refractivity contribution is 7.99. The number of nitrogens with one attached hydrogen (secondary N) is 1.